The molecule has 0 amide bonds. The first kappa shape index (κ1) is 17.7. The summed E-state index contributed by atoms with van der Waals surface area (Å²) in [7, 11) is -4.05. The quantitative estimate of drug-likeness (QED) is 0.666. The van der Waals surface area contributed by atoms with Crippen molar-refractivity contribution in [2.75, 3.05) is 0 Å². The van der Waals surface area contributed by atoms with Crippen LogP contribution in [0.5, 0.6) is 0 Å². The minimum atomic E-state index is -4.05. The van der Waals surface area contributed by atoms with Crippen LogP contribution < -0.4 is 5.14 Å². The molecule has 0 atom stereocenters. The molecule has 0 saturated heterocycles. The van der Waals surface area contributed by atoms with Crippen molar-refractivity contribution in [1.82, 2.24) is 4.98 Å². The summed E-state index contributed by atoms with van der Waals surface area (Å²) < 4.78 is 41.4. The zero-order chi connectivity index (χ0) is 18.0. The SMILES string of the molecule is NS(=O)(=O)c1ccc(F)c(C(=O)OCc2csc(-c3cccs3)n2)c1. The summed E-state index contributed by atoms with van der Waals surface area (Å²) in [5.74, 6) is -1.89. The number of sulfonamides is 1. The van der Waals surface area contributed by atoms with Crippen LogP contribution in [-0.4, -0.2) is 19.4 Å². The molecule has 130 valence electrons. The first-order valence-electron chi connectivity index (χ1n) is 6.82. The molecule has 6 nitrogen and oxygen atoms in total. The summed E-state index contributed by atoms with van der Waals surface area (Å²) in [5, 5.41) is 9.44. The molecule has 0 saturated carbocycles. The summed E-state index contributed by atoms with van der Waals surface area (Å²) in [6.45, 7) is -0.153. The number of halogens is 1. The van der Waals surface area contributed by atoms with Gasteiger partial charge in [0.2, 0.25) is 10.0 Å². The maximum absolute atomic E-state index is 13.8. The van der Waals surface area contributed by atoms with Crippen LogP contribution in [0, 0.1) is 5.82 Å². The average molecular weight is 398 g/mol. The predicted molar refractivity (Wildman–Crippen MR) is 92.3 cm³/mol. The van der Waals surface area contributed by atoms with Crippen LogP contribution in [0.25, 0.3) is 9.88 Å². The van der Waals surface area contributed by atoms with Crippen LogP contribution in [0.4, 0.5) is 4.39 Å². The Morgan fingerprint density at radius 3 is 2.76 bits per heavy atom. The van der Waals surface area contributed by atoms with E-state index in [9.17, 15) is 17.6 Å². The van der Waals surface area contributed by atoms with E-state index in [2.05, 4.69) is 4.98 Å². The van der Waals surface area contributed by atoms with Crippen molar-refractivity contribution in [1.29, 1.82) is 0 Å². The molecule has 10 heteroatoms. The summed E-state index contributed by atoms with van der Waals surface area (Å²) in [4.78, 5) is 17.0. The highest BCUT2D eigenvalue weighted by Crippen LogP contribution is 2.28. The Kier molecular flexibility index (Phi) is 4.95. The van der Waals surface area contributed by atoms with Crippen molar-refractivity contribution in [3.05, 3.63) is 58.2 Å². The number of nitrogens with zero attached hydrogens (tertiary/aromatic N) is 1. The summed E-state index contributed by atoms with van der Waals surface area (Å²) >= 11 is 2.94. The molecule has 0 radical (unpaired) electrons. The topological polar surface area (TPSA) is 99.4 Å². The monoisotopic (exact) mass is 398 g/mol. The van der Waals surface area contributed by atoms with E-state index in [-0.39, 0.29) is 11.5 Å². The maximum Gasteiger partial charge on any atom is 0.341 e. The number of ether oxygens (including phenoxy) is 1. The number of primary sulfonamides is 1. The minimum absolute atomic E-state index is 0.153. The number of hydrogen-bond acceptors (Lipinski definition) is 7. The van der Waals surface area contributed by atoms with E-state index < -0.39 is 27.4 Å². The van der Waals surface area contributed by atoms with Gasteiger partial charge in [-0.25, -0.2) is 27.7 Å². The second-order valence-corrected chi connectivity index (χ2v) is 8.25. The van der Waals surface area contributed by atoms with E-state index in [4.69, 9.17) is 9.88 Å². The van der Waals surface area contributed by atoms with Crippen LogP contribution in [0.1, 0.15) is 16.1 Å². The lowest BCUT2D eigenvalue weighted by atomic mass is 10.2. The summed E-state index contributed by atoms with van der Waals surface area (Å²) in [6, 6.07) is 6.52. The number of aromatic nitrogens is 1. The molecule has 0 fully saturated rings. The number of thiazole rings is 1. The van der Waals surface area contributed by atoms with Gasteiger partial charge >= 0.3 is 5.97 Å². The molecule has 0 aliphatic heterocycles. The van der Waals surface area contributed by atoms with Gasteiger partial charge < -0.3 is 4.74 Å². The zero-order valence-electron chi connectivity index (χ0n) is 12.5. The Morgan fingerprint density at radius 2 is 2.08 bits per heavy atom. The first-order chi connectivity index (χ1) is 11.8. The van der Waals surface area contributed by atoms with Gasteiger partial charge in [-0.15, -0.1) is 22.7 Å². The molecule has 0 unspecified atom stereocenters. The van der Waals surface area contributed by atoms with Crippen molar-refractivity contribution < 1.29 is 22.3 Å². The van der Waals surface area contributed by atoms with Gasteiger partial charge in [0, 0.05) is 5.38 Å². The minimum Gasteiger partial charge on any atom is -0.455 e. The van der Waals surface area contributed by atoms with Crippen molar-refractivity contribution >= 4 is 38.7 Å². The lowest BCUT2D eigenvalue weighted by Crippen LogP contribution is -2.14. The van der Waals surface area contributed by atoms with Gasteiger partial charge in [-0.1, -0.05) is 6.07 Å². The van der Waals surface area contributed by atoms with Crippen LogP contribution in [-0.2, 0) is 21.4 Å². The van der Waals surface area contributed by atoms with E-state index in [1.54, 1.807) is 5.38 Å². The predicted octanol–water partition coefficient (Wildman–Crippen LogP) is 3.02. The van der Waals surface area contributed by atoms with Crippen LogP contribution in [0.3, 0.4) is 0 Å². The number of thiophene rings is 1. The highest BCUT2D eigenvalue weighted by atomic mass is 32.2. The Hall–Kier alpha value is -2.14. The molecular formula is C15H11FN2O4S3. The lowest BCUT2D eigenvalue weighted by molar-refractivity contribution is 0.0463. The Labute approximate surface area is 150 Å². The number of esters is 1. The average Bonchev–Trinajstić information content (AvgIpc) is 3.23. The van der Waals surface area contributed by atoms with E-state index in [0.29, 0.717) is 5.69 Å². The fraction of sp³-hybridized carbons (Fsp3) is 0.0667. The van der Waals surface area contributed by atoms with Gasteiger partial charge in [0.1, 0.15) is 17.4 Å². The molecule has 2 heterocycles. The van der Waals surface area contributed by atoms with Gasteiger partial charge in [0.15, 0.2) is 0 Å². The van der Waals surface area contributed by atoms with Crippen LogP contribution in [0.2, 0.25) is 0 Å². The van der Waals surface area contributed by atoms with Crippen molar-refractivity contribution in [2.45, 2.75) is 11.5 Å². The molecule has 1 aromatic carbocycles. The van der Waals surface area contributed by atoms with Crippen molar-refractivity contribution in [2.24, 2.45) is 5.14 Å². The summed E-state index contributed by atoms with van der Waals surface area (Å²) in [6.07, 6.45) is 0. The summed E-state index contributed by atoms with van der Waals surface area (Å²) in [5.41, 5.74) is 0.0185. The normalized spacial score (nSPS) is 11.4. The van der Waals surface area contributed by atoms with Crippen LogP contribution in [0.15, 0.2) is 46.0 Å². The number of benzene rings is 1. The molecule has 2 N–H and O–H groups in total. The Bertz CT molecular complexity index is 1010. The van der Waals surface area contributed by atoms with Gasteiger partial charge in [0.05, 0.1) is 21.0 Å². The fourth-order valence-electron chi connectivity index (χ4n) is 1.94. The molecule has 0 aliphatic carbocycles. The lowest BCUT2D eigenvalue weighted by Gasteiger charge is -2.06. The van der Waals surface area contributed by atoms with E-state index >= 15 is 0 Å². The van der Waals surface area contributed by atoms with Crippen molar-refractivity contribution in [3.8, 4) is 9.88 Å². The van der Waals surface area contributed by atoms with E-state index in [0.717, 1.165) is 28.1 Å². The first-order valence-corrected chi connectivity index (χ1v) is 10.1. The second-order valence-electron chi connectivity index (χ2n) is 4.88. The molecule has 3 rings (SSSR count). The number of hydrogen-bond donors (Lipinski definition) is 1. The van der Waals surface area contributed by atoms with Gasteiger partial charge in [-0.05, 0) is 29.6 Å². The number of rotatable bonds is 5. The molecule has 0 spiro atoms. The molecule has 25 heavy (non-hydrogen) atoms. The highest BCUT2D eigenvalue weighted by Gasteiger charge is 2.18. The standard InChI is InChI=1S/C15H11FN2O4S3/c16-12-4-3-10(25(17,20)21)6-11(12)15(19)22-7-9-8-24-14(18-9)13-2-1-5-23-13/h1-6,8H,7H2,(H2,17,20,21). The van der Waals surface area contributed by atoms with Gasteiger partial charge in [-0.2, -0.15) is 0 Å². The third-order valence-electron chi connectivity index (χ3n) is 3.12. The Balaban J connectivity index is 1.73. The van der Waals surface area contributed by atoms with Crippen molar-refractivity contribution in [3.63, 3.8) is 0 Å². The second kappa shape index (κ2) is 7.00. The molecule has 3 aromatic rings. The number of carbonyl (C=O) groups is 1. The molecule has 0 aliphatic rings. The number of carbonyl (C=O) groups excluding carboxylic acids is 1. The van der Waals surface area contributed by atoms with Gasteiger partial charge in [0.25, 0.3) is 0 Å². The fourth-order valence-corrected chi connectivity index (χ4v) is 4.10. The third-order valence-corrected chi connectivity index (χ3v) is 5.96. The molecule has 0 bridgehead atoms. The zero-order valence-corrected chi connectivity index (χ0v) is 15.0. The maximum atomic E-state index is 13.8. The molecule has 2 aromatic heterocycles. The smallest absolute Gasteiger partial charge is 0.341 e. The number of nitrogens with two attached hydrogens (primary N) is 1. The van der Waals surface area contributed by atoms with E-state index in [1.165, 1.54) is 22.7 Å². The largest absolute Gasteiger partial charge is 0.455 e. The third kappa shape index (κ3) is 4.10. The Morgan fingerprint density at radius 1 is 1.28 bits per heavy atom. The van der Waals surface area contributed by atoms with Gasteiger partial charge in [-0.3, -0.25) is 0 Å². The van der Waals surface area contributed by atoms with Crippen LogP contribution >= 0.6 is 22.7 Å². The molecular weight excluding hydrogens is 387 g/mol. The van der Waals surface area contributed by atoms with E-state index in [1.807, 2.05) is 17.5 Å². The highest BCUT2D eigenvalue weighted by molar-refractivity contribution is 7.89.